The monoisotopic (exact) mass is 560 g/mol. The molecule has 1 atom stereocenters. The SMILES string of the molecule is COc1cc(C#N)ccc1Oc1nnc(C2=CCN(C(C)=O)CC2)c(C)c1C(=O)Nc1cccc(S(C)(=N)=O)c1. The van der Waals surface area contributed by atoms with Gasteiger partial charge < -0.3 is 19.7 Å². The maximum atomic E-state index is 13.7. The summed E-state index contributed by atoms with van der Waals surface area (Å²) in [5.74, 6) is -0.159. The van der Waals surface area contributed by atoms with Crippen LogP contribution in [-0.4, -0.2) is 57.6 Å². The van der Waals surface area contributed by atoms with Crippen LogP contribution in [0.2, 0.25) is 0 Å². The van der Waals surface area contributed by atoms with Crippen LogP contribution in [0.15, 0.2) is 53.4 Å². The third-order valence-corrected chi connectivity index (χ3v) is 7.57. The van der Waals surface area contributed by atoms with E-state index in [1.54, 1.807) is 42.2 Å². The van der Waals surface area contributed by atoms with E-state index in [1.807, 2.05) is 12.1 Å². The molecule has 0 bridgehead atoms. The van der Waals surface area contributed by atoms with Crippen molar-refractivity contribution in [2.24, 2.45) is 0 Å². The molecule has 206 valence electrons. The van der Waals surface area contributed by atoms with E-state index in [1.165, 1.54) is 32.4 Å². The first kappa shape index (κ1) is 28.3. The normalized spacial score (nSPS) is 14.4. The Hall–Kier alpha value is -4.76. The fraction of sp³-hybridized carbons (Fsp3) is 0.250. The van der Waals surface area contributed by atoms with E-state index in [9.17, 15) is 19.1 Å². The number of hydrogen-bond donors (Lipinski definition) is 2. The van der Waals surface area contributed by atoms with Gasteiger partial charge in [-0.05, 0) is 54.8 Å². The summed E-state index contributed by atoms with van der Waals surface area (Å²) < 4.78 is 31.5. The number of anilines is 1. The summed E-state index contributed by atoms with van der Waals surface area (Å²) >= 11 is 0. The fourth-order valence-corrected chi connectivity index (χ4v) is 4.94. The van der Waals surface area contributed by atoms with Crippen molar-refractivity contribution in [3.63, 3.8) is 0 Å². The summed E-state index contributed by atoms with van der Waals surface area (Å²) in [6, 6.07) is 12.9. The Labute approximate surface area is 232 Å². The highest BCUT2D eigenvalue weighted by Crippen LogP contribution is 2.35. The minimum Gasteiger partial charge on any atom is -0.493 e. The molecule has 3 aromatic rings. The molecule has 0 spiro atoms. The van der Waals surface area contributed by atoms with Gasteiger partial charge in [0.1, 0.15) is 5.56 Å². The van der Waals surface area contributed by atoms with E-state index in [0.29, 0.717) is 42.0 Å². The molecule has 0 radical (unpaired) electrons. The van der Waals surface area contributed by atoms with Crippen LogP contribution in [0.1, 0.15) is 40.5 Å². The minimum absolute atomic E-state index is 0.0239. The van der Waals surface area contributed by atoms with Crippen molar-refractivity contribution >= 4 is 32.8 Å². The van der Waals surface area contributed by atoms with Crippen LogP contribution in [0.4, 0.5) is 5.69 Å². The molecule has 0 fully saturated rings. The average molecular weight is 561 g/mol. The molecule has 2 N–H and O–H groups in total. The van der Waals surface area contributed by atoms with Gasteiger partial charge in [0.05, 0.1) is 34.2 Å². The summed E-state index contributed by atoms with van der Waals surface area (Å²) in [4.78, 5) is 27.5. The lowest BCUT2D eigenvalue weighted by atomic mass is 9.98. The number of carbonyl (C=O) groups is 2. The molecular formula is C28H28N6O5S. The zero-order valence-corrected chi connectivity index (χ0v) is 23.3. The molecule has 11 nitrogen and oxygen atoms in total. The number of nitriles is 1. The highest BCUT2D eigenvalue weighted by Gasteiger charge is 2.26. The number of hydrogen-bond acceptors (Lipinski definition) is 9. The molecule has 0 aliphatic carbocycles. The molecule has 4 rings (SSSR count). The minimum atomic E-state index is -3.00. The van der Waals surface area contributed by atoms with E-state index in [0.717, 1.165) is 5.57 Å². The largest absolute Gasteiger partial charge is 0.493 e. The van der Waals surface area contributed by atoms with Gasteiger partial charge in [0, 0.05) is 42.9 Å². The van der Waals surface area contributed by atoms with E-state index >= 15 is 0 Å². The highest BCUT2D eigenvalue weighted by atomic mass is 32.2. The molecule has 1 aromatic heterocycles. The highest BCUT2D eigenvalue weighted by molar-refractivity contribution is 7.91. The van der Waals surface area contributed by atoms with Gasteiger partial charge in [0.25, 0.3) is 11.8 Å². The van der Waals surface area contributed by atoms with Gasteiger partial charge >= 0.3 is 0 Å². The van der Waals surface area contributed by atoms with Crippen LogP contribution in [0, 0.1) is 23.0 Å². The quantitative estimate of drug-likeness (QED) is 0.431. The molecule has 12 heteroatoms. The number of nitrogens with one attached hydrogen (secondary N) is 2. The number of rotatable bonds is 7. The van der Waals surface area contributed by atoms with Crippen molar-refractivity contribution in [1.82, 2.24) is 15.1 Å². The van der Waals surface area contributed by atoms with Gasteiger partial charge in [-0.25, -0.2) is 8.99 Å². The predicted octanol–water partition coefficient (Wildman–Crippen LogP) is 4.38. The van der Waals surface area contributed by atoms with Gasteiger partial charge in [0.2, 0.25) is 5.91 Å². The Morgan fingerprint density at radius 2 is 1.95 bits per heavy atom. The van der Waals surface area contributed by atoms with Crippen molar-refractivity contribution in [3.05, 3.63) is 70.9 Å². The van der Waals surface area contributed by atoms with Gasteiger partial charge in [-0.15, -0.1) is 10.2 Å². The van der Waals surface area contributed by atoms with Crippen LogP contribution in [-0.2, 0) is 14.5 Å². The molecule has 2 aromatic carbocycles. The van der Waals surface area contributed by atoms with Crippen molar-refractivity contribution in [2.45, 2.75) is 25.2 Å². The zero-order chi connectivity index (χ0) is 29.0. The standard InChI is InChI=1S/C28H28N6O5S/c1-17-25(27(36)31-21-6-5-7-22(15-21)40(4,30)37)28(39-23-9-8-19(16-29)14-24(23)38-3)33-32-26(17)20-10-12-34(13-11-20)18(2)35/h5-10,14-15,30H,11-13H2,1-4H3,(H,31,36). The van der Waals surface area contributed by atoms with Crippen LogP contribution in [0.25, 0.3) is 5.57 Å². The number of nitrogens with zero attached hydrogens (tertiary/aromatic N) is 4. The molecule has 1 aliphatic heterocycles. The third kappa shape index (κ3) is 6.10. The number of methoxy groups -OCH3 is 1. The van der Waals surface area contributed by atoms with Crippen molar-refractivity contribution in [2.75, 3.05) is 31.8 Å². The lowest BCUT2D eigenvalue weighted by molar-refractivity contribution is -0.128. The van der Waals surface area contributed by atoms with Crippen molar-refractivity contribution < 1.29 is 23.3 Å². The summed E-state index contributed by atoms with van der Waals surface area (Å²) in [5.41, 5.74) is 2.68. The molecule has 40 heavy (non-hydrogen) atoms. The molecule has 1 aliphatic rings. The van der Waals surface area contributed by atoms with Crippen LogP contribution >= 0.6 is 0 Å². The predicted molar refractivity (Wildman–Crippen MR) is 149 cm³/mol. The number of aromatic nitrogens is 2. The van der Waals surface area contributed by atoms with Gasteiger partial charge in [-0.2, -0.15) is 5.26 Å². The molecule has 2 heterocycles. The molecule has 1 unspecified atom stereocenters. The Kier molecular flexibility index (Phi) is 8.16. The number of amides is 2. The first-order valence-electron chi connectivity index (χ1n) is 12.2. The Balaban J connectivity index is 1.78. The molecule has 0 saturated carbocycles. The van der Waals surface area contributed by atoms with E-state index in [4.69, 9.17) is 14.3 Å². The van der Waals surface area contributed by atoms with Crippen LogP contribution < -0.4 is 14.8 Å². The van der Waals surface area contributed by atoms with Gasteiger partial charge in [-0.3, -0.25) is 9.59 Å². The van der Waals surface area contributed by atoms with Crippen LogP contribution in [0.3, 0.4) is 0 Å². The molecular weight excluding hydrogens is 532 g/mol. The van der Waals surface area contributed by atoms with Crippen LogP contribution in [0.5, 0.6) is 17.4 Å². The second-order valence-electron chi connectivity index (χ2n) is 9.20. The maximum absolute atomic E-state index is 13.7. The lowest BCUT2D eigenvalue weighted by Gasteiger charge is -2.26. The number of carbonyl (C=O) groups excluding carboxylic acids is 2. The fourth-order valence-electron chi connectivity index (χ4n) is 4.25. The second-order valence-corrected chi connectivity index (χ2v) is 11.4. The molecule has 2 amide bonds. The summed E-state index contributed by atoms with van der Waals surface area (Å²) in [5, 5.41) is 20.6. The molecule has 0 saturated heterocycles. The Bertz CT molecular complexity index is 1680. The summed E-state index contributed by atoms with van der Waals surface area (Å²) in [6.07, 6.45) is 3.73. The van der Waals surface area contributed by atoms with E-state index < -0.39 is 15.6 Å². The average Bonchev–Trinajstić information content (AvgIpc) is 2.93. The second kappa shape index (κ2) is 11.5. The van der Waals surface area contributed by atoms with Gasteiger partial charge in [0.15, 0.2) is 11.5 Å². The van der Waals surface area contributed by atoms with Crippen molar-refractivity contribution in [3.8, 4) is 23.4 Å². The summed E-state index contributed by atoms with van der Waals surface area (Å²) in [6.45, 7) is 4.19. The first-order valence-corrected chi connectivity index (χ1v) is 14.2. The lowest BCUT2D eigenvalue weighted by Crippen LogP contribution is -2.32. The zero-order valence-electron chi connectivity index (χ0n) is 22.5. The van der Waals surface area contributed by atoms with E-state index in [2.05, 4.69) is 15.5 Å². The summed E-state index contributed by atoms with van der Waals surface area (Å²) in [7, 11) is -1.57. The topological polar surface area (TPSA) is 158 Å². The smallest absolute Gasteiger partial charge is 0.261 e. The first-order chi connectivity index (χ1) is 19.0. The number of benzene rings is 2. The Morgan fingerprint density at radius 3 is 2.58 bits per heavy atom. The van der Waals surface area contributed by atoms with Crippen molar-refractivity contribution in [1.29, 1.82) is 10.0 Å². The Morgan fingerprint density at radius 1 is 1.18 bits per heavy atom. The third-order valence-electron chi connectivity index (χ3n) is 6.41. The van der Waals surface area contributed by atoms with Gasteiger partial charge in [-0.1, -0.05) is 12.1 Å². The maximum Gasteiger partial charge on any atom is 0.261 e. The number of ether oxygens (including phenoxy) is 2. The van der Waals surface area contributed by atoms with E-state index in [-0.39, 0.29) is 33.7 Å².